The van der Waals surface area contributed by atoms with Crippen molar-refractivity contribution in [2.75, 3.05) is 0 Å². The van der Waals surface area contributed by atoms with Crippen molar-refractivity contribution in [3.05, 3.63) is 58.7 Å². The molecule has 0 amide bonds. The Labute approximate surface area is 148 Å². The van der Waals surface area contributed by atoms with E-state index in [4.69, 9.17) is 4.74 Å². The molecule has 8 heteroatoms. The third kappa shape index (κ3) is 3.21. The normalized spacial score (nSPS) is 14.4. The van der Waals surface area contributed by atoms with Gasteiger partial charge in [-0.15, -0.1) is 0 Å². The molecule has 0 N–H and O–H groups in total. The molecule has 0 aliphatic heterocycles. The average molecular weight is 384 g/mol. The molecule has 26 heavy (non-hydrogen) atoms. The number of hydrogen-bond acceptors (Lipinski definition) is 4. The third-order valence-corrected chi connectivity index (χ3v) is 5.75. The Kier molecular flexibility index (Phi) is 4.56. The highest BCUT2D eigenvalue weighted by Gasteiger charge is 2.49. The van der Waals surface area contributed by atoms with Crippen molar-refractivity contribution in [2.45, 2.75) is 36.8 Å². The topological polar surface area (TPSA) is 60.4 Å². The minimum absolute atomic E-state index is 0.0411. The third-order valence-electron chi connectivity index (χ3n) is 4.22. The first kappa shape index (κ1) is 18.4. The quantitative estimate of drug-likeness (QED) is 0.800. The lowest BCUT2D eigenvalue weighted by molar-refractivity contribution is -0.0436. The summed E-state index contributed by atoms with van der Waals surface area (Å²) in [6.07, 6.45) is 0.110. The summed E-state index contributed by atoms with van der Waals surface area (Å²) in [7, 11) is -5.60. The molecule has 0 spiro atoms. The summed E-state index contributed by atoms with van der Waals surface area (Å²) in [6.45, 7) is 2.09. The van der Waals surface area contributed by atoms with E-state index in [0.29, 0.717) is 0 Å². The van der Waals surface area contributed by atoms with Crippen molar-refractivity contribution in [1.82, 2.24) is 0 Å². The van der Waals surface area contributed by atoms with Gasteiger partial charge in [0.25, 0.3) is 9.84 Å². The minimum Gasteiger partial charge on any atom is -0.489 e. The van der Waals surface area contributed by atoms with Gasteiger partial charge in [-0.1, -0.05) is 29.8 Å². The zero-order valence-corrected chi connectivity index (χ0v) is 14.6. The predicted octanol–water partition coefficient (Wildman–Crippen LogP) is 4.00. The molecule has 138 valence electrons. The summed E-state index contributed by atoms with van der Waals surface area (Å²) in [5, 5.41) is 0. The van der Waals surface area contributed by atoms with E-state index in [2.05, 4.69) is 0 Å². The van der Waals surface area contributed by atoms with Gasteiger partial charge in [-0.05, 0) is 31.0 Å². The molecule has 2 aromatic carbocycles. The van der Waals surface area contributed by atoms with Crippen molar-refractivity contribution in [2.24, 2.45) is 0 Å². The molecule has 0 saturated carbocycles. The van der Waals surface area contributed by atoms with Crippen LogP contribution in [0.3, 0.4) is 0 Å². The molecular formula is C18H15F3O4S. The largest absolute Gasteiger partial charge is 0.501 e. The van der Waals surface area contributed by atoms with E-state index in [0.717, 1.165) is 17.2 Å². The molecule has 1 aliphatic rings. The number of Topliss-reactive ketones (excluding diaryl/α,β-unsaturated/α-hetero) is 1. The van der Waals surface area contributed by atoms with Crippen LogP contribution >= 0.6 is 0 Å². The first-order valence-electron chi connectivity index (χ1n) is 7.80. The van der Waals surface area contributed by atoms with E-state index in [1.807, 2.05) is 31.2 Å². The summed E-state index contributed by atoms with van der Waals surface area (Å²) in [5.41, 5.74) is -3.73. The molecule has 0 radical (unpaired) electrons. The second kappa shape index (κ2) is 6.42. The molecule has 0 fully saturated rings. The monoisotopic (exact) mass is 384 g/mol. The molecule has 3 rings (SSSR count). The molecular weight excluding hydrogens is 369 g/mol. The standard InChI is InChI=1S/C18H15F3O4S/c1-11-2-4-12(5-3-11)10-25-15-8-9-16(26(23,24)18(19,20)21)17-13(15)6-7-14(17)22/h2-5,8-9H,6-7,10H2,1H3. The summed E-state index contributed by atoms with van der Waals surface area (Å²) < 4.78 is 67.8. The maximum absolute atomic E-state index is 12.9. The Morgan fingerprint density at radius 3 is 2.31 bits per heavy atom. The zero-order chi connectivity index (χ0) is 19.1. The molecule has 0 aromatic heterocycles. The van der Waals surface area contributed by atoms with Gasteiger partial charge in [0, 0.05) is 17.5 Å². The maximum atomic E-state index is 12.9. The SMILES string of the molecule is Cc1ccc(COc2ccc(S(=O)(=O)C(F)(F)F)c3c2CCC3=O)cc1. The Morgan fingerprint density at radius 1 is 1.04 bits per heavy atom. The average Bonchev–Trinajstić information content (AvgIpc) is 2.95. The van der Waals surface area contributed by atoms with E-state index in [-0.39, 0.29) is 30.8 Å². The van der Waals surface area contributed by atoms with Crippen molar-refractivity contribution in [3.8, 4) is 5.75 Å². The van der Waals surface area contributed by atoms with E-state index < -0.39 is 31.6 Å². The number of sulfone groups is 1. The van der Waals surface area contributed by atoms with Crippen LogP contribution in [0.1, 0.15) is 33.5 Å². The van der Waals surface area contributed by atoms with Crippen LogP contribution in [0.25, 0.3) is 0 Å². The Hall–Kier alpha value is -2.35. The minimum atomic E-state index is -5.60. The number of aryl methyl sites for hydroxylation is 1. The molecule has 0 heterocycles. The number of rotatable bonds is 4. The highest BCUT2D eigenvalue weighted by atomic mass is 32.2. The van der Waals surface area contributed by atoms with Gasteiger partial charge in [-0.25, -0.2) is 8.42 Å². The van der Waals surface area contributed by atoms with Crippen LogP contribution in [-0.4, -0.2) is 19.7 Å². The van der Waals surface area contributed by atoms with E-state index in [1.165, 1.54) is 6.07 Å². The smallest absolute Gasteiger partial charge is 0.489 e. The van der Waals surface area contributed by atoms with Gasteiger partial charge in [-0.2, -0.15) is 13.2 Å². The molecule has 0 bridgehead atoms. The van der Waals surface area contributed by atoms with Crippen molar-refractivity contribution in [3.63, 3.8) is 0 Å². The number of ketones is 1. The van der Waals surface area contributed by atoms with Crippen molar-refractivity contribution < 1.29 is 31.1 Å². The van der Waals surface area contributed by atoms with Crippen LogP contribution < -0.4 is 4.74 Å². The zero-order valence-electron chi connectivity index (χ0n) is 13.8. The highest BCUT2D eigenvalue weighted by Crippen LogP contribution is 2.40. The molecule has 0 saturated heterocycles. The molecule has 1 aliphatic carbocycles. The van der Waals surface area contributed by atoms with Crippen LogP contribution in [0, 0.1) is 6.92 Å². The fourth-order valence-corrected chi connectivity index (χ4v) is 3.86. The lowest BCUT2D eigenvalue weighted by Gasteiger charge is -2.15. The predicted molar refractivity (Wildman–Crippen MR) is 87.8 cm³/mol. The van der Waals surface area contributed by atoms with Crippen LogP contribution in [0.5, 0.6) is 5.75 Å². The Bertz CT molecular complexity index is 961. The Morgan fingerprint density at radius 2 is 1.69 bits per heavy atom. The molecule has 0 unspecified atom stereocenters. The summed E-state index contributed by atoms with van der Waals surface area (Å²) in [4.78, 5) is 11.0. The summed E-state index contributed by atoms with van der Waals surface area (Å²) >= 11 is 0. The van der Waals surface area contributed by atoms with Crippen molar-refractivity contribution >= 4 is 15.6 Å². The van der Waals surface area contributed by atoms with Crippen LogP contribution in [-0.2, 0) is 22.9 Å². The molecule has 2 aromatic rings. The number of benzene rings is 2. The van der Waals surface area contributed by atoms with Gasteiger partial charge in [0.2, 0.25) is 0 Å². The van der Waals surface area contributed by atoms with Crippen LogP contribution in [0.4, 0.5) is 13.2 Å². The fraction of sp³-hybridized carbons (Fsp3) is 0.278. The number of hydrogen-bond donors (Lipinski definition) is 0. The first-order chi connectivity index (χ1) is 12.1. The number of fused-ring (bicyclic) bond motifs is 1. The van der Waals surface area contributed by atoms with E-state index in [1.54, 1.807) is 0 Å². The van der Waals surface area contributed by atoms with Gasteiger partial charge in [0.15, 0.2) is 5.78 Å². The molecule has 0 atom stereocenters. The fourth-order valence-electron chi connectivity index (χ4n) is 2.85. The van der Waals surface area contributed by atoms with Crippen LogP contribution in [0.2, 0.25) is 0 Å². The number of halogens is 3. The maximum Gasteiger partial charge on any atom is 0.501 e. The number of ether oxygens (including phenoxy) is 1. The number of alkyl halides is 3. The molecule has 4 nitrogen and oxygen atoms in total. The van der Waals surface area contributed by atoms with E-state index in [9.17, 15) is 26.4 Å². The second-order valence-electron chi connectivity index (χ2n) is 6.06. The summed E-state index contributed by atoms with van der Waals surface area (Å²) in [6, 6.07) is 9.48. The van der Waals surface area contributed by atoms with Gasteiger partial charge in [0.1, 0.15) is 12.4 Å². The number of carbonyl (C=O) groups is 1. The summed E-state index contributed by atoms with van der Waals surface area (Å²) in [5.74, 6) is -0.392. The van der Waals surface area contributed by atoms with Gasteiger partial charge in [-0.3, -0.25) is 4.79 Å². The highest BCUT2D eigenvalue weighted by molar-refractivity contribution is 7.92. The van der Waals surface area contributed by atoms with Gasteiger partial charge >= 0.3 is 5.51 Å². The lowest BCUT2D eigenvalue weighted by Crippen LogP contribution is -2.25. The van der Waals surface area contributed by atoms with Gasteiger partial charge < -0.3 is 4.74 Å². The van der Waals surface area contributed by atoms with Gasteiger partial charge in [0.05, 0.1) is 4.90 Å². The van der Waals surface area contributed by atoms with E-state index >= 15 is 0 Å². The lowest BCUT2D eigenvalue weighted by atomic mass is 10.1. The second-order valence-corrected chi connectivity index (χ2v) is 7.97. The van der Waals surface area contributed by atoms with Crippen molar-refractivity contribution in [1.29, 1.82) is 0 Å². The Balaban J connectivity index is 1.98. The number of carbonyl (C=O) groups excluding carboxylic acids is 1. The van der Waals surface area contributed by atoms with Crippen LogP contribution in [0.15, 0.2) is 41.3 Å². The first-order valence-corrected chi connectivity index (χ1v) is 9.28.